The maximum Gasteiger partial charge on any atom is 0.226 e. The minimum absolute atomic E-state index is 0.249. The zero-order valence-electron chi connectivity index (χ0n) is 10.5. The topological polar surface area (TPSA) is 32.3 Å². The highest BCUT2D eigenvalue weighted by molar-refractivity contribution is 7.08. The third-order valence-electron chi connectivity index (χ3n) is 3.33. The first-order chi connectivity index (χ1) is 8.24. The molecule has 0 aromatic carbocycles. The zero-order chi connectivity index (χ0) is 12.3. The molecule has 0 saturated carbocycles. The summed E-state index contributed by atoms with van der Waals surface area (Å²) in [6, 6.07) is 0.372. The number of nitrogens with one attached hydrogen (secondary N) is 1. The standard InChI is InChI=1S/C13H20N2OS/c1-3-13(16)15(11-4-6-14-7-5-11)12-9-17-8-10(12)2/h8-9,11,14H,3-7H2,1-2H3. The van der Waals surface area contributed by atoms with Crippen molar-refractivity contribution in [3.05, 3.63) is 16.3 Å². The van der Waals surface area contributed by atoms with Crippen LogP contribution >= 0.6 is 11.3 Å². The first kappa shape index (κ1) is 12.6. The summed E-state index contributed by atoms with van der Waals surface area (Å²) in [7, 11) is 0. The third kappa shape index (κ3) is 2.69. The predicted molar refractivity (Wildman–Crippen MR) is 72.7 cm³/mol. The molecule has 0 aliphatic carbocycles. The predicted octanol–water partition coefficient (Wildman–Crippen LogP) is 2.55. The molecule has 1 aliphatic rings. The molecule has 1 fully saturated rings. The molecule has 0 spiro atoms. The smallest absolute Gasteiger partial charge is 0.226 e. The van der Waals surface area contributed by atoms with Crippen LogP contribution in [0.2, 0.25) is 0 Å². The summed E-state index contributed by atoms with van der Waals surface area (Å²) in [6.45, 7) is 6.06. The number of hydrogen-bond acceptors (Lipinski definition) is 3. The van der Waals surface area contributed by atoms with Crippen LogP contribution in [-0.2, 0) is 4.79 Å². The second-order valence-electron chi connectivity index (χ2n) is 4.54. The monoisotopic (exact) mass is 252 g/mol. The van der Waals surface area contributed by atoms with Crippen molar-refractivity contribution in [1.82, 2.24) is 5.32 Å². The lowest BCUT2D eigenvalue weighted by atomic mass is 10.0. The Morgan fingerprint density at radius 3 is 2.71 bits per heavy atom. The Morgan fingerprint density at radius 1 is 1.47 bits per heavy atom. The number of carbonyl (C=O) groups is 1. The maximum absolute atomic E-state index is 12.2. The van der Waals surface area contributed by atoms with Gasteiger partial charge in [0.15, 0.2) is 0 Å². The summed E-state index contributed by atoms with van der Waals surface area (Å²) in [5.41, 5.74) is 2.34. The summed E-state index contributed by atoms with van der Waals surface area (Å²) in [5.74, 6) is 0.249. The van der Waals surface area contributed by atoms with Crippen molar-refractivity contribution >= 4 is 22.9 Å². The highest BCUT2D eigenvalue weighted by atomic mass is 32.1. The van der Waals surface area contributed by atoms with E-state index in [0.29, 0.717) is 12.5 Å². The molecule has 1 aromatic heterocycles. The number of piperidine rings is 1. The number of amides is 1. The van der Waals surface area contributed by atoms with E-state index in [9.17, 15) is 4.79 Å². The van der Waals surface area contributed by atoms with Crippen molar-refractivity contribution in [2.75, 3.05) is 18.0 Å². The summed E-state index contributed by atoms with van der Waals surface area (Å²) in [5, 5.41) is 7.57. The van der Waals surface area contributed by atoms with E-state index in [4.69, 9.17) is 0 Å². The van der Waals surface area contributed by atoms with Crippen LogP contribution < -0.4 is 10.2 Å². The number of anilines is 1. The SMILES string of the molecule is CCC(=O)N(c1cscc1C)C1CCNCC1. The number of aryl methyl sites for hydroxylation is 1. The first-order valence-corrected chi connectivity index (χ1v) is 7.24. The van der Waals surface area contributed by atoms with Gasteiger partial charge in [0.25, 0.3) is 0 Å². The van der Waals surface area contributed by atoms with Crippen LogP contribution in [-0.4, -0.2) is 25.0 Å². The zero-order valence-corrected chi connectivity index (χ0v) is 11.3. The molecule has 0 radical (unpaired) electrons. The number of rotatable bonds is 3. The summed E-state index contributed by atoms with van der Waals surface area (Å²) >= 11 is 1.68. The van der Waals surface area contributed by atoms with E-state index in [-0.39, 0.29) is 5.91 Å². The molecule has 1 amide bonds. The van der Waals surface area contributed by atoms with Gasteiger partial charge in [-0.1, -0.05) is 6.92 Å². The molecule has 0 bridgehead atoms. The lowest BCUT2D eigenvalue weighted by molar-refractivity contribution is -0.118. The first-order valence-electron chi connectivity index (χ1n) is 6.29. The van der Waals surface area contributed by atoms with Gasteiger partial charge >= 0.3 is 0 Å². The van der Waals surface area contributed by atoms with Crippen LogP contribution in [0.15, 0.2) is 10.8 Å². The maximum atomic E-state index is 12.2. The average Bonchev–Trinajstić information content (AvgIpc) is 2.77. The van der Waals surface area contributed by atoms with Gasteiger partial charge in [0.1, 0.15) is 0 Å². The van der Waals surface area contributed by atoms with E-state index >= 15 is 0 Å². The molecular weight excluding hydrogens is 232 g/mol. The van der Waals surface area contributed by atoms with Crippen molar-refractivity contribution in [2.45, 2.75) is 39.2 Å². The number of nitrogens with zero attached hydrogens (tertiary/aromatic N) is 1. The van der Waals surface area contributed by atoms with Gasteiger partial charge in [-0.2, -0.15) is 0 Å². The van der Waals surface area contributed by atoms with Crippen LogP contribution in [0.4, 0.5) is 5.69 Å². The van der Waals surface area contributed by atoms with Crippen molar-refractivity contribution in [2.24, 2.45) is 0 Å². The molecule has 4 heteroatoms. The van der Waals surface area contributed by atoms with Crippen LogP contribution in [0.3, 0.4) is 0 Å². The van der Waals surface area contributed by atoms with E-state index in [1.165, 1.54) is 5.56 Å². The van der Waals surface area contributed by atoms with Crippen molar-refractivity contribution in [1.29, 1.82) is 0 Å². The third-order valence-corrected chi connectivity index (χ3v) is 4.18. The Balaban J connectivity index is 2.24. The number of hydrogen-bond donors (Lipinski definition) is 1. The van der Waals surface area contributed by atoms with E-state index in [1.807, 2.05) is 11.8 Å². The minimum atomic E-state index is 0.249. The fourth-order valence-electron chi connectivity index (χ4n) is 2.37. The number of carbonyl (C=O) groups excluding carboxylic acids is 1. The molecule has 94 valence electrons. The van der Waals surface area contributed by atoms with E-state index in [0.717, 1.165) is 31.6 Å². The molecule has 2 heterocycles. The largest absolute Gasteiger partial charge is 0.317 e. The van der Waals surface area contributed by atoms with Gasteiger partial charge < -0.3 is 10.2 Å². The Kier molecular flexibility index (Phi) is 4.18. The van der Waals surface area contributed by atoms with Gasteiger partial charge in [-0.25, -0.2) is 0 Å². The van der Waals surface area contributed by atoms with Crippen LogP contribution in [0.1, 0.15) is 31.7 Å². The highest BCUT2D eigenvalue weighted by Gasteiger charge is 2.26. The van der Waals surface area contributed by atoms with Crippen LogP contribution in [0, 0.1) is 6.92 Å². The molecule has 3 nitrogen and oxygen atoms in total. The Morgan fingerprint density at radius 2 is 2.18 bits per heavy atom. The summed E-state index contributed by atoms with van der Waals surface area (Å²) in [4.78, 5) is 14.2. The van der Waals surface area contributed by atoms with Gasteiger partial charge in [0, 0.05) is 17.8 Å². The molecule has 1 aromatic rings. The summed E-state index contributed by atoms with van der Waals surface area (Å²) in [6.07, 6.45) is 2.70. The molecule has 17 heavy (non-hydrogen) atoms. The quantitative estimate of drug-likeness (QED) is 0.896. The fraction of sp³-hybridized carbons (Fsp3) is 0.615. The van der Waals surface area contributed by atoms with Crippen LogP contribution in [0.5, 0.6) is 0 Å². The van der Waals surface area contributed by atoms with E-state index in [2.05, 4.69) is 23.0 Å². The van der Waals surface area contributed by atoms with Crippen LogP contribution in [0.25, 0.3) is 0 Å². The van der Waals surface area contributed by atoms with Gasteiger partial charge in [-0.3, -0.25) is 4.79 Å². The van der Waals surface area contributed by atoms with Crippen molar-refractivity contribution in [3.63, 3.8) is 0 Å². The van der Waals surface area contributed by atoms with Gasteiger partial charge in [-0.15, -0.1) is 11.3 Å². The minimum Gasteiger partial charge on any atom is -0.317 e. The molecule has 2 rings (SSSR count). The molecular formula is C13H20N2OS. The Hall–Kier alpha value is -0.870. The van der Waals surface area contributed by atoms with Gasteiger partial charge in [0.2, 0.25) is 5.91 Å². The lowest BCUT2D eigenvalue weighted by Gasteiger charge is -2.34. The van der Waals surface area contributed by atoms with E-state index < -0.39 is 0 Å². The Labute approximate surface area is 107 Å². The molecule has 0 unspecified atom stereocenters. The van der Waals surface area contributed by atoms with Crippen molar-refractivity contribution in [3.8, 4) is 0 Å². The van der Waals surface area contributed by atoms with Gasteiger partial charge in [-0.05, 0) is 43.8 Å². The summed E-state index contributed by atoms with van der Waals surface area (Å²) < 4.78 is 0. The van der Waals surface area contributed by atoms with E-state index in [1.54, 1.807) is 11.3 Å². The molecule has 1 N–H and O–H groups in total. The van der Waals surface area contributed by atoms with Crippen molar-refractivity contribution < 1.29 is 4.79 Å². The lowest BCUT2D eigenvalue weighted by Crippen LogP contribution is -2.46. The fourth-order valence-corrected chi connectivity index (χ4v) is 3.19. The molecule has 1 aliphatic heterocycles. The highest BCUT2D eigenvalue weighted by Crippen LogP contribution is 2.29. The molecule has 1 saturated heterocycles. The molecule has 0 atom stereocenters. The van der Waals surface area contributed by atoms with Gasteiger partial charge in [0.05, 0.1) is 5.69 Å². The Bertz CT molecular complexity index is 383. The number of thiophene rings is 1. The average molecular weight is 252 g/mol. The normalized spacial score (nSPS) is 17.1. The second kappa shape index (κ2) is 5.65. The second-order valence-corrected chi connectivity index (χ2v) is 5.28.